The third kappa shape index (κ3) is 3.10. The molecule has 1 fully saturated rings. The maximum Gasteiger partial charge on any atom is 0.243 e. The average molecular weight is 341 g/mol. The Morgan fingerprint density at radius 3 is 2.82 bits per heavy atom. The summed E-state index contributed by atoms with van der Waals surface area (Å²) in [7, 11) is -1.84. The first-order valence-corrected chi connectivity index (χ1v) is 9.48. The summed E-state index contributed by atoms with van der Waals surface area (Å²) in [4.78, 5) is 1.41. The second-order valence-corrected chi connectivity index (χ2v) is 8.26. The van der Waals surface area contributed by atoms with E-state index in [0.29, 0.717) is 19.8 Å². The molecule has 0 aliphatic carbocycles. The topological polar surface area (TPSA) is 73.2 Å². The van der Waals surface area contributed by atoms with E-state index in [9.17, 15) is 8.42 Å². The summed E-state index contributed by atoms with van der Waals surface area (Å²) in [5.74, 6) is 0. The Balaban J connectivity index is 1.80. The summed E-state index contributed by atoms with van der Waals surface area (Å²) in [6.45, 7) is 1.70. The van der Waals surface area contributed by atoms with Crippen LogP contribution in [0.25, 0.3) is 0 Å². The quantitative estimate of drug-likeness (QED) is 0.895. The van der Waals surface area contributed by atoms with Crippen molar-refractivity contribution in [1.82, 2.24) is 14.5 Å². The molecule has 6 nitrogen and oxygen atoms in total. The zero-order chi connectivity index (χ0) is 15.6. The van der Waals surface area contributed by atoms with Crippen molar-refractivity contribution >= 4 is 21.4 Å². The molecule has 1 aliphatic rings. The van der Waals surface area contributed by atoms with E-state index in [-0.39, 0.29) is 10.3 Å². The van der Waals surface area contributed by atoms with Gasteiger partial charge in [-0.25, -0.2) is 13.1 Å². The largest absolute Gasteiger partial charge is 0.381 e. The fourth-order valence-corrected chi connectivity index (χ4v) is 4.80. The molecule has 0 spiro atoms. The van der Waals surface area contributed by atoms with Crippen LogP contribution in [0.2, 0.25) is 0 Å². The molecule has 0 saturated carbocycles. The molecule has 2 aromatic heterocycles. The second kappa shape index (κ2) is 6.11. The van der Waals surface area contributed by atoms with Crippen molar-refractivity contribution in [2.45, 2.75) is 23.2 Å². The molecule has 8 heteroatoms. The van der Waals surface area contributed by atoms with Crippen LogP contribution in [0.5, 0.6) is 0 Å². The minimum Gasteiger partial charge on any atom is -0.381 e. The molecule has 0 atom stereocenters. The van der Waals surface area contributed by atoms with Gasteiger partial charge in [-0.05, 0) is 24.3 Å². The van der Waals surface area contributed by atoms with Crippen LogP contribution in [0, 0.1) is 0 Å². The third-order valence-corrected chi connectivity index (χ3v) is 6.56. The molecule has 22 heavy (non-hydrogen) atoms. The van der Waals surface area contributed by atoms with Crippen LogP contribution in [-0.4, -0.2) is 38.0 Å². The average Bonchev–Trinajstić information content (AvgIpc) is 3.18. The molecule has 120 valence electrons. The third-order valence-electron chi connectivity index (χ3n) is 4.09. The number of sulfonamides is 1. The van der Waals surface area contributed by atoms with Crippen LogP contribution >= 0.6 is 11.3 Å². The van der Waals surface area contributed by atoms with Crippen LogP contribution < -0.4 is 4.72 Å². The number of hydrogen-bond acceptors (Lipinski definition) is 5. The van der Waals surface area contributed by atoms with Crippen molar-refractivity contribution in [3.8, 4) is 0 Å². The standard InChI is InChI=1S/C14H19N3O3S2/c1-17-10-12(9-15-17)22(18,19)16-11-14(4-6-20-7-5-14)13-3-2-8-21-13/h2-3,8-10,16H,4-7,11H2,1H3. The Morgan fingerprint density at radius 1 is 1.45 bits per heavy atom. The monoisotopic (exact) mass is 341 g/mol. The number of rotatable bonds is 5. The van der Waals surface area contributed by atoms with E-state index in [0.717, 1.165) is 12.8 Å². The smallest absolute Gasteiger partial charge is 0.243 e. The highest BCUT2D eigenvalue weighted by molar-refractivity contribution is 7.89. The van der Waals surface area contributed by atoms with Crippen molar-refractivity contribution < 1.29 is 13.2 Å². The molecule has 0 aromatic carbocycles. The van der Waals surface area contributed by atoms with E-state index in [4.69, 9.17) is 4.74 Å². The van der Waals surface area contributed by atoms with Crippen molar-refractivity contribution in [3.63, 3.8) is 0 Å². The SMILES string of the molecule is Cn1cc(S(=O)(=O)NCC2(c3cccs3)CCOCC2)cn1. The van der Waals surface area contributed by atoms with Crippen molar-refractivity contribution in [2.24, 2.45) is 7.05 Å². The lowest BCUT2D eigenvalue weighted by atomic mass is 9.79. The minimum absolute atomic E-state index is 0.179. The normalized spacial score (nSPS) is 18.4. The summed E-state index contributed by atoms with van der Waals surface area (Å²) < 4.78 is 34.5. The Kier molecular flexibility index (Phi) is 4.35. The molecule has 0 radical (unpaired) electrons. The predicted molar refractivity (Wildman–Crippen MR) is 84.4 cm³/mol. The van der Waals surface area contributed by atoms with Gasteiger partial charge in [0.2, 0.25) is 10.0 Å². The number of hydrogen-bond donors (Lipinski definition) is 1. The van der Waals surface area contributed by atoms with Gasteiger partial charge in [-0.2, -0.15) is 5.10 Å². The molecule has 1 aliphatic heterocycles. The number of nitrogens with zero attached hydrogens (tertiary/aromatic N) is 2. The first kappa shape index (κ1) is 15.7. The highest BCUT2D eigenvalue weighted by Crippen LogP contribution is 2.37. The number of aromatic nitrogens is 2. The summed E-state index contributed by atoms with van der Waals surface area (Å²) in [5.41, 5.74) is -0.179. The summed E-state index contributed by atoms with van der Waals surface area (Å²) in [6.07, 6.45) is 4.51. The van der Waals surface area contributed by atoms with Gasteiger partial charge in [-0.1, -0.05) is 6.07 Å². The highest BCUT2D eigenvalue weighted by Gasteiger charge is 2.36. The van der Waals surface area contributed by atoms with Gasteiger partial charge in [0, 0.05) is 43.3 Å². The Labute approximate surface area is 134 Å². The maximum atomic E-state index is 12.4. The Bertz CT molecular complexity index is 716. The second-order valence-electron chi connectivity index (χ2n) is 5.54. The van der Waals surface area contributed by atoms with E-state index in [2.05, 4.69) is 15.9 Å². The van der Waals surface area contributed by atoms with Crippen molar-refractivity contribution in [3.05, 3.63) is 34.8 Å². The van der Waals surface area contributed by atoms with Gasteiger partial charge >= 0.3 is 0 Å². The zero-order valence-corrected chi connectivity index (χ0v) is 14.0. The lowest BCUT2D eigenvalue weighted by molar-refractivity contribution is 0.0529. The van der Waals surface area contributed by atoms with Crippen LogP contribution in [0.1, 0.15) is 17.7 Å². The molecule has 0 amide bonds. The fraction of sp³-hybridized carbons (Fsp3) is 0.500. The van der Waals surface area contributed by atoms with Crippen LogP contribution in [0.4, 0.5) is 0 Å². The first-order valence-electron chi connectivity index (χ1n) is 7.12. The van der Waals surface area contributed by atoms with Gasteiger partial charge in [0.25, 0.3) is 0 Å². The van der Waals surface area contributed by atoms with Crippen LogP contribution in [-0.2, 0) is 27.2 Å². The lowest BCUT2D eigenvalue weighted by Crippen LogP contribution is -2.44. The highest BCUT2D eigenvalue weighted by atomic mass is 32.2. The molecule has 1 N–H and O–H groups in total. The van der Waals surface area contributed by atoms with Crippen LogP contribution in [0.3, 0.4) is 0 Å². The Morgan fingerprint density at radius 2 is 2.23 bits per heavy atom. The number of ether oxygens (including phenoxy) is 1. The van der Waals surface area contributed by atoms with Gasteiger partial charge in [-0.15, -0.1) is 11.3 Å². The molecule has 3 heterocycles. The summed E-state index contributed by atoms with van der Waals surface area (Å²) in [6, 6.07) is 4.08. The molecular formula is C14H19N3O3S2. The minimum atomic E-state index is -3.54. The van der Waals surface area contributed by atoms with E-state index in [1.165, 1.54) is 22.0 Å². The number of aryl methyl sites for hydroxylation is 1. The van der Waals surface area contributed by atoms with Gasteiger partial charge in [-0.3, -0.25) is 4.68 Å². The molecule has 1 saturated heterocycles. The van der Waals surface area contributed by atoms with Gasteiger partial charge in [0.05, 0.1) is 6.20 Å². The predicted octanol–water partition coefficient (Wildman–Crippen LogP) is 1.51. The van der Waals surface area contributed by atoms with E-state index >= 15 is 0 Å². The van der Waals surface area contributed by atoms with Gasteiger partial charge in [0.15, 0.2) is 0 Å². The maximum absolute atomic E-state index is 12.4. The first-order chi connectivity index (χ1) is 10.5. The van der Waals surface area contributed by atoms with Crippen molar-refractivity contribution in [1.29, 1.82) is 0 Å². The van der Waals surface area contributed by atoms with Crippen LogP contribution in [0.15, 0.2) is 34.8 Å². The van der Waals surface area contributed by atoms with E-state index < -0.39 is 10.0 Å². The summed E-state index contributed by atoms with van der Waals surface area (Å²) in [5, 5.41) is 5.95. The van der Waals surface area contributed by atoms with Gasteiger partial charge in [0.1, 0.15) is 4.90 Å². The van der Waals surface area contributed by atoms with Crippen molar-refractivity contribution in [2.75, 3.05) is 19.8 Å². The molecular weight excluding hydrogens is 322 g/mol. The fourth-order valence-electron chi connectivity index (χ4n) is 2.71. The molecule has 3 rings (SSSR count). The zero-order valence-electron chi connectivity index (χ0n) is 12.4. The van der Waals surface area contributed by atoms with Gasteiger partial charge < -0.3 is 4.74 Å². The van der Waals surface area contributed by atoms with E-state index in [1.807, 2.05) is 11.4 Å². The molecule has 0 unspecified atom stereocenters. The van der Waals surface area contributed by atoms with E-state index in [1.54, 1.807) is 18.4 Å². The Hall–Kier alpha value is -1.22. The number of thiophene rings is 1. The summed E-state index contributed by atoms with van der Waals surface area (Å²) >= 11 is 1.67. The number of nitrogens with one attached hydrogen (secondary N) is 1. The lowest BCUT2D eigenvalue weighted by Gasteiger charge is -2.36. The molecule has 2 aromatic rings. The molecule has 0 bridgehead atoms.